The van der Waals surface area contributed by atoms with Crippen LogP contribution in [0.5, 0.6) is 0 Å². The summed E-state index contributed by atoms with van der Waals surface area (Å²) in [6, 6.07) is 9.25. The molecule has 0 N–H and O–H groups in total. The van der Waals surface area contributed by atoms with E-state index in [1.54, 1.807) is 12.1 Å². The van der Waals surface area contributed by atoms with E-state index in [2.05, 4.69) is 13.0 Å². The number of carbonyl (C=O) groups is 1. The maximum atomic E-state index is 12.2. The number of ether oxygens (including phenoxy) is 1. The molecule has 1 saturated heterocycles. The summed E-state index contributed by atoms with van der Waals surface area (Å²) in [5, 5.41) is 8.73. The lowest BCUT2D eigenvalue weighted by molar-refractivity contribution is -0.138. The highest BCUT2D eigenvalue weighted by Gasteiger charge is 2.22. The fraction of sp³-hybridized carbons (Fsp3) is 0.467. The van der Waals surface area contributed by atoms with Gasteiger partial charge in [-0.05, 0) is 24.1 Å². The second kappa shape index (κ2) is 6.35. The van der Waals surface area contributed by atoms with Gasteiger partial charge in [-0.15, -0.1) is 0 Å². The second-order valence-electron chi connectivity index (χ2n) is 4.73. The lowest BCUT2D eigenvalue weighted by Crippen LogP contribution is -2.45. The lowest BCUT2D eigenvalue weighted by atomic mass is 10.1. The third-order valence-electron chi connectivity index (χ3n) is 3.39. The van der Waals surface area contributed by atoms with E-state index in [9.17, 15) is 4.79 Å². The molecule has 0 radical (unpaired) electrons. The summed E-state index contributed by atoms with van der Waals surface area (Å²) in [5.41, 5.74) is 1.57. The molecule has 1 aliphatic heterocycles. The van der Waals surface area contributed by atoms with Gasteiger partial charge in [-0.3, -0.25) is 4.79 Å². The Labute approximate surface area is 113 Å². The minimum absolute atomic E-state index is 0.131. The number of hydrogen-bond donors (Lipinski definition) is 0. The van der Waals surface area contributed by atoms with Gasteiger partial charge in [-0.1, -0.05) is 19.1 Å². The van der Waals surface area contributed by atoms with E-state index in [0.717, 1.165) is 12.0 Å². The van der Waals surface area contributed by atoms with Crippen LogP contribution in [0.1, 0.15) is 24.5 Å². The molecule has 19 heavy (non-hydrogen) atoms. The Balaban J connectivity index is 1.94. The van der Waals surface area contributed by atoms with Crippen molar-refractivity contribution in [1.82, 2.24) is 4.90 Å². The van der Waals surface area contributed by atoms with E-state index < -0.39 is 0 Å². The molecule has 1 aromatic rings. The van der Waals surface area contributed by atoms with Gasteiger partial charge in [0.15, 0.2) is 0 Å². The lowest BCUT2D eigenvalue weighted by Gasteiger charge is -2.32. The van der Waals surface area contributed by atoms with Gasteiger partial charge in [0.1, 0.15) is 0 Å². The van der Waals surface area contributed by atoms with Gasteiger partial charge < -0.3 is 9.64 Å². The van der Waals surface area contributed by atoms with E-state index in [0.29, 0.717) is 31.7 Å². The molecule has 1 heterocycles. The largest absolute Gasteiger partial charge is 0.375 e. The summed E-state index contributed by atoms with van der Waals surface area (Å²) in [6.07, 6.45) is 1.49. The van der Waals surface area contributed by atoms with Gasteiger partial charge in [-0.2, -0.15) is 5.26 Å². The van der Waals surface area contributed by atoms with E-state index >= 15 is 0 Å². The van der Waals surface area contributed by atoms with Gasteiger partial charge in [0.05, 0.1) is 30.8 Å². The normalized spacial score (nSPS) is 18.9. The maximum absolute atomic E-state index is 12.2. The number of nitriles is 1. The highest BCUT2D eigenvalue weighted by molar-refractivity contribution is 5.79. The Morgan fingerprint density at radius 1 is 1.47 bits per heavy atom. The molecule has 4 heteroatoms. The SMILES string of the molecule is CCC1CN(C(=O)Cc2ccc(C#N)cc2)CCO1. The predicted octanol–water partition coefficient (Wildman–Crippen LogP) is 1.74. The van der Waals surface area contributed by atoms with Gasteiger partial charge in [0.2, 0.25) is 5.91 Å². The molecule has 4 nitrogen and oxygen atoms in total. The molecule has 0 aromatic heterocycles. The van der Waals surface area contributed by atoms with Crippen molar-refractivity contribution < 1.29 is 9.53 Å². The van der Waals surface area contributed by atoms with E-state index in [1.807, 2.05) is 17.0 Å². The number of hydrogen-bond acceptors (Lipinski definition) is 3. The molecule has 0 aliphatic carbocycles. The third kappa shape index (κ3) is 3.55. The number of carbonyl (C=O) groups excluding carboxylic acids is 1. The predicted molar refractivity (Wildman–Crippen MR) is 71.5 cm³/mol. The molecule has 0 spiro atoms. The summed E-state index contributed by atoms with van der Waals surface area (Å²) in [5.74, 6) is 0.131. The zero-order valence-corrected chi connectivity index (χ0v) is 11.1. The van der Waals surface area contributed by atoms with Crippen LogP contribution < -0.4 is 0 Å². The first-order valence-electron chi connectivity index (χ1n) is 6.61. The van der Waals surface area contributed by atoms with Gasteiger partial charge in [-0.25, -0.2) is 0 Å². The number of amides is 1. The Kier molecular flexibility index (Phi) is 4.53. The minimum Gasteiger partial charge on any atom is -0.375 e. The van der Waals surface area contributed by atoms with Crippen LogP contribution in [0.2, 0.25) is 0 Å². The average Bonchev–Trinajstić information content (AvgIpc) is 2.48. The molecule has 1 unspecified atom stereocenters. The Morgan fingerprint density at radius 3 is 2.84 bits per heavy atom. The van der Waals surface area contributed by atoms with Crippen LogP contribution in [-0.2, 0) is 16.0 Å². The standard InChI is InChI=1S/C15H18N2O2/c1-2-14-11-17(7-8-19-14)15(18)9-12-3-5-13(10-16)6-4-12/h3-6,14H,2,7-9,11H2,1H3. The van der Waals surface area contributed by atoms with Crippen molar-refractivity contribution in [3.8, 4) is 6.07 Å². The molecule has 0 saturated carbocycles. The molecule has 1 atom stereocenters. The van der Waals surface area contributed by atoms with Crippen molar-refractivity contribution in [3.05, 3.63) is 35.4 Å². The van der Waals surface area contributed by atoms with Crippen molar-refractivity contribution in [3.63, 3.8) is 0 Å². The van der Waals surface area contributed by atoms with Crippen LogP contribution in [0.3, 0.4) is 0 Å². The molecule has 1 fully saturated rings. The summed E-state index contributed by atoms with van der Waals surface area (Å²) in [7, 11) is 0. The summed E-state index contributed by atoms with van der Waals surface area (Å²) in [4.78, 5) is 14.1. The van der Waals surface area contributed by atoms with Crippen molar-refractivity contribution >= 4 is 5.91 Å². The van der Waals surface area contributed by atoms with Gasteiger partial charge in [0.25, 0.3) is 0 Å². The first kappa shape index (κ1) is 13.6. The quantitative estimate of drug-likeness (QED) is 0.829. The fourth-order valence-corrected chi connectivity index (χ4v) is 2.18. The van der Waals surface area contributed by atoms with Crippen LogP contribution >= 0.6 is 0 Å². The fourth-order valence-electron chi connectivity index (χ4n) is 2.18. The second-order valence-corrected chi connectivity index (χ2v) is 4.73. The molecule has 0 bridgehead atoms. The van der Waals surface area contributed by atoms with Crippen molar-refractivity contribution in [2.75, 3.05) is 19.7 Å². The van der Waals surface area contributed by atoms with E-state index in [-0.39, 0.29) is 12.0 Å². The minimum atomic E-state index is 0.131. The number of nitrogens with zero attached hydrogens (tertiary/aromatic N) is 2. The molecule has 1 aromatic carbocycles. The van der Waals surface area contributed by atoms with Crippen LogP contribution in [0.4, 0.5) is 0 Å². The topological polar surface area (TPSA) is 53.3 Å². The average molecular weight is 258 g/mol. The highest BCUT2D eigenvalue weighted by atomic mass is 16.5. The Hall–Kier alpha value is -1.86. The van der Waals surface area contributed by atoms with Crippen LogP contribution in [-0.4, -0.2) is 36.6 Å². The Bertz CT molecular complexity index is 476. The summed E-state index contributed by atoms with van der Waals surface area (Å²) >= 11 is 0. The van der Waals surface area contributed by atoms with Gasteiger partial charge in [0, 0.05) is 13.1 Å². The number of rotatable bonds is 3. The summed E-state index contributed by atoms with van der Waals surface area (Å²) in [6.45, 7) is 4.05. The first-order valence-corrected chi connectivity index (χ1v) is 6.61. The first-order chi connectivity index (χ1) is 9.22. The van der Waals surface area contributed by atoms with E-state index in [4.69, 9.17) is 10.00 Å². The number of benzene rings is 1. The van der Waals surface area contributed by atoms with Gasteiger partial charge >= 0.3 is 0 Å². The van der Waals surface area contributed by atoms with Crippen molar-refractivity contribution in [2.24, 2.45) is 0 Å². The van der Waals surface area contributed by atoms with Crippen LogP contribution in [0, 0.1) is 11.3 Å². The molecular formula is C15H18N2O2. The van der Waals surface area contributed by atoms with Crippen molar-refractivity contribution in [1.29, 1.82) is 5.26 Å². The summed E-state index contributed by atoms with van der Waals surface area (Å²) < 4.78 is 5.56. The zero-order chi connectivity index (χ0) is 13.7. The molecule has 100 valence electrons. The molecule has 2 rings (SSSR count). The molecular weight excluding hydrogens is 240 g/mol. The maximum Gasteiger partial charge on any atom is 0.227 e. The number of morpholine rings is 1. The van der Waals surface area contributed by atoms with E-state index in [1.165, 1.54) is 0 Å². The molecule has 1 aliphatic rings. The molecule has 1 amide bonds. The smallest absolute Gasteiger partial charge is 0.227 e. The van der Waals surface area contributed by atoms with Crippen LogP contribution in [0.15, 0.2) is 24.3 Å². The third-order valence-corrected chi connectivity index (χ3v) is 3.39. The van der Waals surface area contributed by atoms with Crippen LogP contribution in [0.25, 0.3) is 0 Å². The monoisotopic (exact) mass is 258 g/mol. The van der Waals surface area contributed by atoms with Crippen molar-refractivity contribution in [2.45, 2.75) is 25.9 Å². The Morgan fingerprint density at radius 2 is 2.21 bits per heavy atom. The zero-order valence-electron chi connectivity index (χ0n) is 11.1. The highest BCUT2D eigenvalue weighted by Crippen LogP contribution is 2.11.